The second-order valence-electron chi connectivity index (χ2n) is 5.13. The van der Waals surface area contributed by atoms with Gasteiger partial charge in [-0.15, -0.1) is 0 Å². The number of sulfonamides is 1. The summed E-state index contributed by atoms with van der Waals surface area (Å²) in [6, 6.07) is 7.12. The van der Waals surface area contributed by atoms with Crippen molar-refractivity contribution in [3.8, 4) is 0 Å². The minimum atomic E-state index is -3.24. The quantitative estimate of drug-likeness (QED) is 0.523. The Morgan fingerprint density at radius 2 is 2.05 bits per heavy atom. The number of rotatable bonds is 7. The first kappa shape index (κ1) is 16.5. The summed E-state index contributed by atoms with van der Waals surface area (Å²) >= 11 is 0. The Morgan fingerprint density at radius 1 is 1.32 bits per heavy atom. The highest BCUT2D eigenvalue weighted by Gasteiger charge is 2.15. The monoisotopic (exact) mass is 324 g/mol. The minimum absolute atomic E-state index is 0.143. The first-order valence-corrected chi connectivity index (χ1v) is 8.79. The molecule has 1 heterocycles. The van der Waals surface area contributed by atoms with E-state index in [1.54, 1.807) is 0 Å². The number of hydrogen-bond donors (Lipinski definition) is 4. The van der Waals surface area contributed by atoms with Gasteiger partial charge in [0.05, 0.1) is 12.3 Å². The number of amides is 1. The van der Waals surface area contributed by atoms with Crippen molar-refractivity contribution < 1.29 is 13.2 Å². The van der Waals surface area contributed by atoms with E-state index in [-0.39, 0.29) is 19.0 Å². The molecule has 1 amide bonds. The highest BCUT2D eigenvalue weighted by molar-refractivity contribution is 7.88. The molecule has 1 aromatic heterocycles. The van der Waals surface area contributed by atoms with Gasteiger partial charge >= 0.3 is 0 Å². The third-order valence-corrected chi connectivity index (χ3v) is 3.97. The smallest absolute Gasteiger partial charge is 0.237 e. The molecule has 7 nitrogen and oxygen atoms in total. The molecule has 0 aliphatic rings. The molecule has 0 radical (unpaired) electrons. The normalized spacial score (nSPS) is 13.2. The molecular weight excluding hydrogens is 304 g/mol. The fourth-order valence-electron chi connectivity index (χ4n) is 2.18. The summed E-state index contributed by atoms with van der Waals surface area (Å²) in [4.78, 5) is 15.0. The van der Waals surface area contributed by atoms with Crippen molar-refractivity contribution in [2.45, 2.75) is 12.5 Å². The zero-order valence-corrected chi connectivity index (χ0v) is 13.1. The van der Waals surface area contributed by atoms with Crippen molar-refractivity contribution in [1.29, 1.82) is 0 Å². The third kappa shape index (κ3) is 4.55. The van der Waals surface area contributed by atoms with Gasteiger partial charge in [-0.3, -0.25) is 4.79 Å². The number of H-pyrrole nitrogens is 1. The van der Waals surface area contributed by atoms with Crippen LogP contribution in [0.1, 0.15) is 5.56 Å². The van der Waals surface area contributed by atoms with Crippen LogP contribution in [0, 0.1) is 0 Å². The summed E-state index contributed by atoms with van der Waals surface area (Å²) in [5.41, 5.74) is 7.88. The van der Waals surface area contributed by atoms with Gasteiger partial charge in [0.1, 0.15) is 0 Å². The molecule has 0 bridgehead atoms. The average molecular weight is 324 g/mol. The van der Waals surface area contributed by atoms with Crippen molar-refractivity contribution in [3.05, 3.63) is 36.0 Å². The highest BCUT2D eigenvalue weighted by Crippen LogP contribution is 2.18. The summed E-state index contributed by atoms with van der Waals surface area (Å²) < 4.78 is 24.1. The minimum Gasteiger partial charge on any atom is -0.361 e. The standard InChI is InChI=1S/C14H20N4O3S/c1-22(20,21)18-7-6-16-14(19)12(15)8-10-9-17-13-5-3-2-4-11(10)13/h2-5,9,12,17-18H,6-8,15H2,1H3,(H,16,19)/t12-/m0/s1. The molecule has 1 aromatic carbocycles. The Balaban J connectivity index is 1.86. The van der Waals surface area contributed by atoms with Crippen molar-refractivity contribution >= 4 is 26.8 Å². The predicted octanol–water partition coefficient (Wildman–Crippen LogP) is -0.297. The molecule has 0 saturated carbocycles. The first-order valence-electron chi connectivity index (χ1n) is 6.90. The van der Waals surface area contributed by atoms with Crippen LogP contribution < -0.4 is 15.8 Å². The summed E-state index contributed by atoms with van der Waals surface area (Å²) in [6.07, 6.45) is 3.33. The number of carbonyl (C=O) groups excluding carboxylic acids is 1. The van der Waals surface area contributed by atoms with Crippen LogP contribution in [-0.2, 0) is 21.2 Å². The van der Waals surface area contributed by atoms with Crippen LogP contribution in [-0.4, -0.2) is 44.7 Å². The Labute approximate surface area is 129 Å². The Hall–Kier alpha value is -1.90. The summed E-state index contributed by atoms with van der Waals surface area (Å²) in [6.45, 7) is 0.345. The SMILES string of the molecule is CS(=O)(=O)NCCNC(=O)[C@@H](N)Cc1c[nH]c2ccccc12. The van der Waals surface area contributed by atoms with E-state index in [1.165, 1.54) is 0 Å². The maximum Gasteiger partial charge on any atom is 0.237 e. The lowest BCUT2D eigenvalue weighted by Crippen LogP contribution is -2.44. The molecule has 0 unspecified atom stereocenters. The maximum atomic E-state index is 11.9. The highest BCUT2D eigenvalue weighted by atomic mass is 32.2. The number of aromatic nitrogens is 1. The number of carbonyl (C=O) groups is 1. The number of nitrogens with one attached hydrogen (secondary N) is 3. The van der Waals surface area contributed by atoms with Gasteiger partial charge in [-0.2, -0.15) is 0 Å². The molecule has 8 heteroatoms. The molecule has 120 valence electrons. The Kier molecular flexibility index (Phi) is 5.17. The molecular formula is C14H20N4O3S. The number of para-hydroxylation sites is 1. The molecule has 22 heavy (non-hydrogen) atoms. The summed E-state index contributed by atoms with van der Waals surface area (Å²) in [5.74, 6) is -0.305. The third-order valence-electron chi connectivity index (χ3n) is 3.24. The largest absolute Gasteiger partial charge is 0.361 e. The fourth-order valence-corrected chi connectivity index (χ4v) is 2.66. The summed E-state index contributed by atoms with van der Waals surface area (Å²) in [5, 5.41) is 3.66. The van der Waals surface area contributed by atoms with E-state index < -0.39 is 16.1 Å². The number of fused-ring (bicyclic) bond motifs is 1. The van der Waals surface area contributed by atoms with E-state index in [2.05, 4.69) is 15.0 Å². The lowest BCUT2D eigenvalue weighted by molar-refractivity contribution is -0.122. The lowest BCUT2D eigenvalue weighted by atomic mass is 10.1. The van der Waals surface area contributed by atoms with Crippen LogP contribution in [0.2, 0.25) is 0 Å². The van der Waals surface area contributed by atoms with Gasteiger partial charge in [0.15, 0.2) is 0 Å². The number of benzene rings is 1. The molecule has 2 rings (SSSR count). The van der Waals surface area contributed by atoms with E-state index in [1.807, 2.05) is 30.5 Å². The molecule has 5 N–H and O–H groups in total. The topological polar surface area (TPSA) is 117 Å². The molecule has 1 atom stereocenters. The number of hydrogen-bond acceptors (Lipinski definition) is 4. The van der Waals surface area contributed by atoms with Gasteiger partial charge in [0.2, 0.25) is 15.9 Å². The average Bonchev–Trinajstić information content (AvgIpc) is 2.86. The van der Waals surface area contributed by atoms with Crippen molar-refractivity contribution in [3.63, 3.8) is 0 Å². The lowest BCUT2D eigenvalue weighted by Gasteiger charge is -2.12. The Bertz CT molecular complexity index is 754. The molecule has 2 aromatic rings. The van der Waals surface area contributed by atoms with E-state index in [0.717, 1.165) is 22.7 Å². The van der Waals surface area contributed by atoms with E-state index in [4.69, 9.17) is 5.73 Å². The molecule has 0 aliphatic heterocycles. The molecule has 0 spiro atoms. The van der Waals surface area contributed by atoms with E-state index >= 15 is 0 Å². The second kappa shape index (κ2) is 6.91. The van der Waals surface area contributed by atoms with Crippen LogP contribution in [0.25, 0.3) is 10.9 Å². The van der Waals surface area contributed by atoms with Gasteiger partial charge < -0.3 is 16.0 Å². The van der Waals surface area contributed by atoms with Gasteiger partial charge in [0.25, 0.3) is 0 Å². The molecule has 0 saturated heterocycles. The van der Waals surface area contributed by atoms with E-state index in [0.29, 0.717) is 6.42 Å². The predicted molar refractivity (Wildman–Crippen MR) is 85.8 cm³/mol. The van der Waals surface area contributed by atoms with Gasteiger partial charge in [-0.05, 0) is 18.1 Å². The van der Waals surface area contributed by atoms with Crippen molar-refractivity contribution in [2.24, 2.45) is 5.73 Å². The maximum absolute atomic E-state index is 11.9. The van der Waals surface area contributed by atoms with Crippen molar-refractivity contribution in [2.75, 3.05) is 19.3 Å². The van der Waals surface area contributed by atoms with Crippen LogP contribution in [0.5, 0.6) is 0 Å². The second-order valence-corrected chi connectivity index (χ2v) is 6.96. The van der Waals surface area contributed by atoms with Crippen LogP contribution >= 0.6 is 0 Å². The zero-order chi connectivity index (χ0) is 16.2. The van der Waals surface area contributed by atoms with Crippen molar-refractivity contribution in [1.82, 2.24) is 15.0 Å². The van der Waals surface area contributed by atoms with Gasteiger partial charge in [0, 0.05) is 30.2 Å². The number of aromatic amines is 1. The zero-order valence-electron chi connectivity index (χ0n) is 12.3. The Morgan fingerprint density at radius 3 is 2.77 bits per heavy atom. The van der Waals surface area contributed by atoms with Crippen LogP contribution in [0.4, 0.5) is 0 Å². The molecule has 0 fully saturated rings. The van der Waals surface area contributed by atoms with Gasteiger partial charge in [-0.25, -0.2) is 13.1 Å². The number of nitrogens with two attached hydrogens (primary N) is 1. The van der Waals surface area contributed by atoms with Crippen LogP contribution in [0.15, 0.2) is 30.5 Å². The fraction of sp³-hybridized carbons (Fsp3) is 0.357. The first-order chi connectivity index (χ1) is 10.4. The van der Waals surface area contributed by atoms with E-state index in [9.17, 15) is 13.2 Å². The molecule has 0 aliphatic carbocycles. The van der Waals surface area contributed by atoms with Crippen LogP contribution in [0.3, 0.4) is 0 Å². The summed E-state index contributed by atoms with van der Waals surface area (Å²) in [7, 11) is -3.24. The van der Waals surface area contributed by atoms with Gasteiger partial charge in [-0.1, -0.05) is 18.2 Å².